The highest BCUT2D eigenvalue weighted by atomic mass is 16.6. The summed E-state index contributed by atoms with van der Waals surface area (Å²) in [4.78, 5) is 4.65. The van der Waals surface area contributed by atoms with Gasteiger partial charge in [0.1, 0.15) is 11.9 Å². The van der Waals surface area contributed by atoms with E-state index >= 15 is 0 Å². The summed E-state index contributed by atoms with van der Waals surface area (Å²) in [5.41, 5.74) is 2.66. The van der Waals surface area contributed by atoms with Crippen LogP contribution >= 0.6 is 0 Å². The van der Waals surface area contributed by atoms with Crippen molar-refractivity contribution >= 4 is 5.84 Å². The Bertz CT molecular complexity index is 233. The van der Waals surface area contributed by atoms with Crippen molar-refractivity contribution in [2.75, 3.05) is 19.8 Å². The monoisotopic (exact) mass is 227 g/mol. The fourth-order valence-electron chi connectivity index (χ4n) is 2.27. The Labute approximate surface area is 96.4 Å². The summed E-state index contributed by atoms with van der Waals surface area (Å²) in [5.74, 6) is 6.25. The highest BCUT2D eigenvalue weighted by Crippen LogP contribution is 2.20. The molecule has 5 nitrogen and oxygen atoms in total. The van der Waals surface area contributed by atoms with E-state index in [0.29, 0.717) is 25.9 Å². The van der Waals surface area contributed by atoms with Crippen LogP contribution in [0.4, 0.5) is 0 Å². The lowest BCUT2D eigenvalue weighted by Gasteiger charge is -2.26. The molecule has 0 bridgehead atoms. The zero-order valence-corrected chi connectivity index (χ0v) is 9.65. The van der Waals surface area contributed by atoms with Crippen LogP contribution in [0.3, 0.4) is 0 Å². The SMILES string of the molecule is NNC(=NC1CCCCC1)C1COCCO1. The zero-order valence-electron chi connectivity index (χ0n) is 9.65. The number of nitrogens with two attached hydrogens (primary N) is 1. The van der Waals surface area contributed by atoms with Gasteiger partial charge in [0.15, 0.2) is 0 Å². The first-order chi connectivity index (χ1) is 7.90. The van der Waals surface area contributed by atoms with Gasteiger partial charge in [-0.25, -0.2) is 5.84 Å². The maximum absolute atomic E-state index is 5.57. The third kappa shape index (κ3) is 3.17. The second kappa shape index (κ2) is 6.18. The predicted octanol–water partition coefficient (Wildman–Crippen LogP) is 0.596. The minimum absolute atomic E-state index is 0.110. The van der Waals surface area contributed by atoms with E-state index in [-0.39, 0.29) is 6.10 Å². The third-order valence-corrected chi connectivity index (χ3v) is 3.17. The van der Waals surface area contributed by atoms with Crippen LogP contribution < -0.4 is 11.3 Å². The van der Waals surface area contributed by atoms with E-state index in [2.05, 4.69) is 10.4 Å². The van der Waals surface area contributed by atoms with Gasteiger partial charge >= 0.3 is 0 Å². The number of hydrogen-bond acceptors (Lipinski definition) is 4. The van der Waals surface area contributed by atoms with Crippen molar-refractivity contribution in [1.82, 2.24) is 5.43 Å². The molecule has 3 N–H and O–H groups in total. The molecule has 0 amide bonds. The predicted molar refractivity (Wildman–Crippen MR) is 62.2 cm³/mol. The molecule has 1 aliphatic heterocycles. The normalized spacial score (nSPS) is 29.1. The average Bonchev–Trinajstić information content (AvgIpc) is 2.38. The summed E-state index contributed by atoms with van der Waals surface area (Å²) >= 11 is 0. The molecular weight excluding hydrogens is 206 g/mol. The zero-order chi connectivity index (χ0) is 11.2. The van der Waals surface area contributed by atoms with Crippen LogP contribution in [0.2, 0.25) is 0 Å². The van der Waals surface area contributed by atoms with Gasteiger partial charge in [0.05, 0.1) is 25.9 Å². The largest absolute Gasteiger partial charge is 0.376 e. The fourth-order valence-corrected chi connectivity index (χ4v) is 2.27. The number of hydrazine groups is 1. The summed E-state index contributed by atoms with van der Waals surface area (Å²) in [6.45, 7) is 1.84. The molecule has 92 valence electrons. The van der Waals surface area contributed by atoms with Crippen LogP contribution in [0, 0.1) is 0 Å². The minimum Gasteiger partial charge on any atom is -0.376 e. The number of nitrogens with zero attached hydrogens (tertiary/aromatic N) is 1. The van der Waals surface area contributed by atoms with Gasteiger partial charge < -0.3 is 14.9 Å². The van der Waals surface area contributed by atoms with E-state index in [4.69, 9.17) is 15.3 Å². The first-order valence-electron chi connectivity index (χ1n) is 6.14. The maximum atomic E-state index is 5.57. The summed E-state index contributed by atoms with van der Waals surface area (Å²) in [7, 11) is 0. The smallest absolute Gasteiger partial charge is 0.143 e. The summed E-state index contributed by atoms with van der Waals surface area (Å²) < 4.78 is 10.9. The van der Waals surface area contributed by atoms with Crippen LogP contribution in [0.15, 0.2) is 4.99 Å². The van der Waals surface area contributed by atoms with Crippen LogP contribution in [-0.4, -0.2) is 37.8 Å². The average molecular weight is 227 g/mol. The van der Waals surface area contributed by atoms with Crippen molar-refractivity contribution in [3.63, 3.8) is 0 Å². The molecular formula is C11H21N3O2. The van der Waals surface area contributed by atoms with Crippen molar-refractivity contribution in [2.45, 2.75) is 44.2 Å². The van der Waals surface area contributed by atoms with Gasteiger partial charge in [-0.1, -0.05) is 19.3 Å². The molecule has 1 heterocycles. The van der Waals surface area contributed by atoms with Crippen molar-refractivity contribution in [2.24, 2.45) is 10.8 Å². The molecule has 0 aromatic heterocycles. The Hall–Kier alpha value is -0.650. The Balaban J connectivity index is 1.93. The number of rotatable bonds is 2. The van der Waals surface area contributed by atoms with E-state index in [1.165, 1.54) is 32.1 Å². The third-order valence-electron chi connectivity index (χ3n) is 3.17. The maximum Gasteiger partial charge on any atom is 0.143 e. The molecule has 1 saturated heterocycles. The van der Waals surface area contributed by atoms with Crippen molar-refractivity contribution in [3.05, 3.63) is 0 Å². The van der Waals surface area contributed by atoms with Gasteiger partial charge in [-0.05, 0) is 12.8 Å². The molecule has 1 unspecified atom stereocenters. The molecule has 1 saturated carbocycles. The second-order valence-electron chi connectivity index (χ2n) is 4.38. The number of nitrogens with one attached hydrogen (secondary N) is 1. The number of aliphatic imine (C=N–C) groups is 1. The number of amidine groups is 1. The van der Waals surface area contributed by atoms with E-state index in [0.717, 1.165) is 5.84 Å². The van der Waals surface area contributed by atoms with E-state index < -0.39 is 0 Å². The van der Waals surface area contributed by atoms with Crippen LogP contribution in [0.5, 0.6) is 0 Å². The van der Waals surface area contributed by atoms with E-state index in [9.17, 15) is 0 Å². The lowest BCUT2D eigenvalue weighted by atomic mass is 9.96. The standard InChI is InChI=1S/C11H21N3O2/c12-14-11(10-8-15-6-7-16-10)13-9-4-2-1-3-5-9/h9-10H,1-8,12H2,(H,13,14). The highest BCUT2D eigenvalue weighted by Gasteiger charge is 2.22. The number of hydrogen-bond donors (Lipinski definition) is 2. The lowest BCUT2D eigenvalue weighted by Crippen LogP contribution is -2.46. The molecule has 0 radical (unpaired) electrons. The molecule has 5 heteroatoms. The molecule has 1 atom stereocenters. The van der Waals surface area contributed by atoms with Gasteiger partial charge in [0.2, 0.25) is 0 Å². The van der Waals surface area contributed by atoms with Crippen LogP contribution in [-0.2, 0) is 9.47 Å². The second-order valence-corrected chi connectivity index (χ2v) is 4.38. The molecule has 2 aliphatic rings. The molecule has 0 spiro atoms. The Morgan fingerprint density at radius 1 is 1.19 bits per heavy atom. The van der Waals surface area contributed by atoms with Gasteiger partial charge in [-0.3, -0.25) is 4.99 Å². The van der Waals surface area contributed by atoms with Gasteiger partial charge in [-0.15, -0.1) is 0 Å². The van der Waals surface area contributed by atoms with Gasteiger partial charge in [0, 0.05) is 0 Å². The summed E-state index contributed by atoms with van der Waals surface area (Å²) in [5, 5.41) is 0. The fraction of sp³-hybridized carbons (Fsp3) is 0.909. The molecule has 16 heavy (non-hydrogen) atoms. The quantitative estimate of drug-likeness (QED) is 0.314. The molecule has 0 aromatic rings. The summed E-state index contributed by atoms with van der Waals surface area (Å²) in [6.07, 6.45) is 6.10. The first kappa shape index (κ1) is 11.8. The molecule has 0 aromatic carbocycles. The van der Waals surface area contributed by atoms with Crippen molar-refractivity contribution in [1.29, 1.82) is 0 Å². The van der Waals surface area contributed by atoms with Crippen molar-refractivity contribution < 1.29 is 9.47 Å². The summed E-state index contributed by atoms with van der Waals surface area (Å²) in [6, 6.07) is 0.408. The molecule has 1 aliphatic carbocycles. The molecule has 2 fully saturated rings. The highest BCUT2D eigenvalue weighted by molar-refractivity contribution is 5.86. The Morgan fingerprint density at radius 3 is 2.62 bits per heavy atom. The first-order valence-corrected chi connectivity index (χ1v) is 6.14. The van der Waals surface area contributed by atoms with Crippen LogP contribution in [0.1, 0.15) is 32.1 Å². The van der Waals surface area contributed by atoms with Crippen molar-refractivity contribution in [3.8, 4) is 0 Å². The van der Waals surface area contributed by atoms with E-state index in [1.807, 2.05) is 0 Å². The topological polar surface area (TPSA) is 68.9 Å². The number of ether oxygens (including phenoxy) is 2. The minimum atomic E-state index is -0.110. The Kier molecular flexibility index (Phi) is 4.56. The van der Waals surface area contributed by atoms with Gasteiger partial charge in [0.25, 0.3) is 0 Å². The Morgan fingerprint density at radius 2 is 2.00 bits per heavy atom. The lowest BCUT2D eigenvalue weighted by molar-refractivity contribution is -0.0607. The van der Waals surface area contributed by atoms with Gasteiger partial charge in [-0.2, -0.15) is 0 Å². The van der Waals surface area contributed by atoms with E-state index in [1.54, 1.807) is 0 Å². The molecule has 2 rings (SSSR count). The van der Waals surface area contributed by atoms with Crippen LogP contribution in [0.25, 0.3) is 0 Å².